The Bertz CT molecular complexity index is 251. The number of carbonyl (C=O) groups excluding carboxylic acids is 1. The fraction of sp³-hybridized carbons (Fsp3) is 0.933. The summed E-state index contributed by atoms with van der Waals surface area (Å²) in [6, 6.07) is 0.288. The van der Waals surface area contributed by atoms with E-state index in [4.69, 9.17) is 4.74 Å². The Morgan fingerprint density at radius 1 is 1.21 bits per heavy atom. The second-order valence-electron chi connectivity index (χ2n) is 5.71. The van der Waals surface area contributed by atoms with Gasteiger partial charge in [-0.3, -0.25) is 4.79 Å². The summed E-state index contributed by atoms with van der Waals surface area (Å²) in [6.45, 7) is 5.31. The number of hydrogen-bond donors (Lipinski definition) is 2. The molecule has 1 rings (SSSR count). The van der Waals surface area contributed by atoms with Crippen LogP contribution in [0.3, 0.4) is 0 Å². The van der Waals surface area contributed by atoms with Crippen molar-refractivity contribution in [2.45, 2.75) is 64.5 Å². The minimum Gasteiger partial charge on any atom is -0.383 e. The maximum atomic E-state index is 11.9. The second-order valence-corrected chi connectivity index (χ2v) is 5.71. The minimum atomic E-state index is -0.130. The number of methoxy groups -OCH3 is 1. The molecule has 4 heteroatoms. The van der Waals surface area contributed by atoms with Crippen molar-refractivity contribution < 1.29 is 9.53 Å². The van der Waals surface area contributed by atoms with E-state index in [9.17, 15) is 4.79 Å². The predicted molar refractivity (Wildman–Crippen MR) is 78.1 cm³/mol. The van der Waals surface area contributed by atoms with Crippen LogP contribution < -0.4 is 10.6 Å². The summed E-state index contributed by atoms with van der Waals surface area (Å²) >= 11 is 0. The number of hydrogen-bond acceptors (Lipinski definition) is 3. The number of carbonyl (C=O) groups is 1. The summed E-state index contributed by atoms with van der Waals surface area (Å²) in [7, 11) is 1.64. The van der Waals surface area contributed by atoms with Gasteiger partial charge in [0.2, 0.25) is 5.91 Å². The van der Waals surface area contributed by atoms with E-state index in [0.717, 1.165) is 5.92 Å². The number of nitrogens with one attached hydrogen (secondary N) is 2. The van der Waals surface area contributed by atoms with Crippen molar-refractivity contribution in [3.05, 3.63) is 0 Å². The van der Waals surface area contributed by atoms with Gasteiger partial charge in [-0.15, -0.1) is 0 Å². The Labute approximate surface area is 117 Å². The molecule has 19 heavy (non-hydrogen) atoms. The molecule has 0 bridgehead atoms. The van der Waals surface area contributed by atoms with Crippen LogP contribution >= 0.6 is 0 Å². The van der Waals surface area contributed by atoms with E-state index in [1.807, 2.05) is 6.92 Å². The van der Waals surface area contributed by atoms with Crippen molar-refractivity contribution in [2.75, 3.05) is 20.3 Å². The molecule has 0 heterocycles. The summed E-state index contributed by atoms with van der Waals surface area (Å²) in [5.74, 6) is 0.786. The highest BCUT2D eigenvalue weighted by Crippen LogP contribution is 2.25. The Hall–Kier alpha value is -0.610. The predicted octanol–water partition coefficient (Wildman–Crippen LogP) is 2.09. The normalized spacial score (nSPS) is 20.6. The Morgan fingerprint density at radius 3 is 2.42 bits per heavy atom. The fourth-order valence-electron chi connectivity index (χ4n) is 2.85. The molecule has 0 aromatic carbocycles. The average Bonchev–Trinajstić information content (AvgIpc) is 2.67. The van der Waals surface area contributed by atoms with Gasteiger partial charge in [0.15, 0.2) is 0 Å². The zero-order valence-electron chi connectivity index (χ0n) is 12.7. The fourth-order valence-corrected chi connectivity index (χ4v) is 2.85. The first-order valence-electron chi connectivity index (χ1n) is 7.68. The lowest BCUT2D eigenvalue weighted by atomic mass is 9.92. The molecular formula is C15H30N2O2. The third-order valence-electron chi connectivity index (χ3n) is 4.12. The summed E-state index contributed by atoms with van der Waals surface area (Å²) in [4.78, 5) is 11.9. The lowest BCUT2D eigenvalue weighted by molar-refractivity contribution is -0.123. The number of ether oxygens (including phenoxy) is 1. The van der Waals surface area contributed by atoms with Crippen LogP contribution in [0, 0.1) is 5.92 Å². The molecule has 1 saturated carbocycles. The monoisotopic (exact) mass is 270 g/mol. The summed E-state index contributed by atoms with van der Waals surface area (Å²) in [5.41, 5.74) is 0. The molecular weight excluding hydrogens is 240 g/mol. The van der Waals surface area contributed by atoms with Crippen LogP contribution in [-0.2, 0) is 9.53 Å². The van der Waals surface area contributed by atoms with E-state index in [-0.39, 0.29) is 11.9 Å². The Morgan fingerprint density at radius 2 is 1.84 bits per heavy atom. The molecule has 0 aromatic rings. The summed E-state index contributed by atoms with van der Waals surface area (Å²) < 4.78 is 4.93. The quantitative estimate of drug-likeness (QED) is 0.550. The molecule has 2 N–H and O–H groups in total. The van der Waals surface area contributed by atoms with Crippen LogP contribution in [0.25, 0.3) is 0 Å². The van der Waals surface area contributed by atoms with E-state index >= 15 is 0 Å². The van der Waals surface area contributed by atoms with Gasteiger partial charge in [-0.1, -0.05) is 25.7 Å². The minimum absolute atomic E-state index is 0.0671. The highest BCUT2D eigenvalue weighted by molar-refractivity contribution is 5.81. The van der Waals surface area contributed by atoms with Crippen molar-refractivity contribution in [2.24, 2.45) is 5.92 Å². The summed E-state index contributed by atoms with van der Waals surface area (Å²) in [6.07, 6.45) is 8.02. The van der Waals surface area contributed by atoms with Crippen LogP contribution in [-0.4, -0.2) is 38.3 Å². The molecule has 1 unspecified atom stereocenters. The van der Waals surface area contributed by atoms with Crippen LogP contribution in [0.15, 0.2) is 0 Å². The van der Waals surface area contributed by atoms with Gasteiger partial charge in [-0.25, -0.2) is 0 Å². The highest BCUT2D eigenvalue weighted by Gasteiger charge is 2.22. The maximum Gasteiger partial charge on any atom is 0.236 e. The Balaban J connectivity index is 2.28. The van der Waals surface area contributed by atoms with Gasteiger partial charge in [-0.2, -0.15) is 0 Å². The van der Waals surface area contributed by atoms with Gasteiger partial charge < -0.3 is 15.4 Å². The van der Waals surface area contributed by atoms with Gasteiger partial charge in [0.05, 0.1) is 12.6 Å². The zero-order valence-corrected chi connectivity index (χ0v) is 12.7. The summed E-state index contributed by atoms with van der Waals surface area (Å²) in [5, 5.41) is 6.33. The molecule has 2 atom stereocenters. The van der Waals surface area contributed by atoms with E-state index in [0.29, 0.717) is 19.2 Å². The molecule has 0 aromatic heterocycles. The number of amides is 1. The lowest BCUT2D eigenvalue weighted by Gasteiger charge is -2.26. The molecule has 1 aliphatic carbocycles. The van der Waals surface area contributed by atoms with E-state index in [1.165, 1.54) is 38.5 Å². The molecule has 0 spiro atoms. The molecule has 1 fully saturated rings. The molecule has 1 aliphatic rings. The van der Waals surface area contributed by atoms with Crippen molar-refractivity contribution in [3.8, 4) is 0 Å². The maximum absolute atomic E-state index is 11.9. The van der Waals surface area contributed by atoms with Crippen molar-refractivity contribution >= 4 is 5.91 Å². The molecule has 1 amide bonds. The van der Waals surface area contributed by atoms with Gasteiger partial charge in [-0.05, 0) is 32.6 Å². The smallest absolute Gasteiger partial charge is 0.236 e. The van der Waals surface area contributed by atoms with Crippen molar-refractivity contribution in [1.82, 2.24) is 10.6 Å². The molecule has 4 nitrogen and oxygen atoms in total. The van der Waals surface area contributed by atoms with Crippen LogP contribution in [0.4, 0.5) is 0 Å². The third-order valence-corrected chi connectivity index (χ3v) is 4.12. The van der Waals surface area contributed by atoms with Crippen LogP contribution in [0.5, 0.6) is 0 Å². The average molecular weight is 270 g/mol. The van der Waals surface area contributed by atoms with Crippen molar-refractivity contribution in [1.29, 1.82) is 0 Å². The SMILES string of the molecule is COCCNC(=O)C(C)N[C@H](C)C1CCCCCC1. The van der Waals surface area contributed by atoms with E-state index in [1.54, 1.807) is 7.11 Å². The van der Waals surface area contributed by atoms with Crippen molar-refractivity contribution in [3.63, 3.8) is 0 Å². The molecule has 0 radical (unpaired) electrons. The van der Waals surface area contributed by atoms with Crippen LogP contribution in [0.2, 0.25) is 0 Å². The van der Waals surface area contributed by atoms with Crippen LogP contribution in [0.1, 0.15) is 52.4 Å². The molecule has 112 valence electrons. The van der Waals surface area contributed by atoms with E-state index in [2.05, 4.69) is 17.6 Å². The first-order chi connectivity index (χ1) is 9.15. The second kappa shape index (κ2) is 9.32. The molecule has 0 saturated heterocycles. The standard InChI is InChI=1S/C15H30N2O2/c1-12(14-8-6-4-5-7-9-14)17-13(2)15(18)16-10-11-19-3/h12-14,17H,4-11H2,1-3H3,(H,16,18)/t12-,13?/m1/s1. The first-order valence-corrected chi connectivity index (χ1v) is 7.68. The third kappa shape index (κ3) is 6.39. The van der Waals surface area contributed by atoms with Gasteiger partial charge >= 0.3 is 0 Å². The van der Waals surface area contributed by atoms with Gasteiger partial charge in [0.25, 0.3) is 0 Å². The number of rotatable bonds is 7. The first kappa shape index (κ1) is 16.4. The Kier molecular flexibility index (Phi) is 8.07. The largest absolute Gasteiger partial charge is 0.383 e. The zero-order chi connectivity index (χ0) is 14.1. The topological polar surface area (TPSA) is 50.4 Å². The molecule has 0 aliphatic heterocycles. The van der Waals surface area contributed by atoms with Gasteiger partial charge in [0.1, 0.15) is 0 Å². The van der Waals surface area contributed by atoms with E-state index < -0.39 is 0 Å². The van der Waals surface area contributed by atoms with Gasteiger partial charge in [0, 0.05) is 19.7 Å². The highest BCUT2D eigenvalue weighted by atomic mass is 16.5. The lowest BCUT2D eigenvalue weighted by Crippen LogP contribution is -2.48.